The number of aryl methyl sites for hydroxylation is 1. The summed E-state index contributed by atoms with van der Waals surface area (Å²) >= 11 is 0. The lowest BCUT2D eigenvalue weighted by Crippen LogP contribution is -2.50. The van der Waals surface area contributed by atoms with E-state index in [1.54, 1.807) is 12.4 Å². The lowest BCUT2D eigenvalue weighted by molar-refractivity contribution is 0.0254. The second-order valence-electron chi connectivity index (χ2n) is 12.2. The van der Waals surface area contributed by atoms with Crippen molar-refractivity contribution in [3.05, 3.63) is 42.4 Å². The van der Waals surface area contributed by atoms with Gasteiger partial charge in [0, 0.05) is 36.8 Å². The van der Waals surface area contributed by atoms with Crippen LogP contribution in [0.4, 0.5) is 9.59 Å². The van der Waals surface area contributed by atoms with Crippen LogP contribution in [0.2, 0.25) is 0 Å². The molecule has 2 aromatic heterocycles. The van der Waals surface area contributed by atoms with E-state index in [1.165, 1.54) is 4.68 Å². The van der Waals surface area contributed by atoms with Crippen LogP contribution in [0.3, 0.4) is 0 Å². The number of hydrogen-bond donors (Lipinski definition) is 1. The summed E-state index contributed by atoms with van der Waals surface area (Å²) in [6, 6.07) is 7.34. The Balaban J connectivity index is 1.49. The van der Waals surface area contributed by atoms with Crippen LogP contribution >= 0.6 is 0 Å². The van der Waals surface area contributed by atoms with Gasteiger partial charge in [-0.05, 0) is 72.2 Å². The third kappa shape index (κ3) is 8.64. The number of carbonyl (C=O) groups is 2. The van der Waals surface area contributed by atoms with E-state index < -0.39 is 23.4 Å². The summed E-state index contributed by atoms with van der Waals surface area (Å²) in [5, 5.41) is 8.21. The number of carbonyl (C=O) groups excluding carboxylic acids is 2. The fourth-order valence-corrected chi connectivity index (χ4v) is 4.45. The molecule has 1 atom stereocenters. The topological polar surface area (TPSA) is 117 Å². The Morgan fingerprint density at radius 1 is 1.00 bits per heavy atom. The van der Waals surface area contributed by atoms with E-state index >= 15 is 0 Å². The SMILES string of the molecule is Cc1nn(C(=O)OC(C)(C)C)c2ccc(-c3cncc(OCC(CN4CCOCC4)NC(=O)OC(C)(C)C)c3)cc12. The molecule has 1 fully saturated rings. The summed E-state index contributed by atoms with van der Waals surface area (Å²) in [6.07, 6.45) is 2.40. The summed E-state index contributed by atoms with van der Waals surface area (Å²) < 4.78 is 23.9. The quantitative estimate of drug-likeness (QED) is 0.430. The molecular formula is C30H41N5O6. The number of alkyl carbamates (subject to hydrolysis) is 1. The van der Waals surface area contributed by atoms with Gasteiger partial charge in [-0.2, -0.15) is 9.78 Å². The Morgan fingerprint density at radius 3 is 2.39 bits per heavy atom. The van der Waals surface area contributed by atoms with Gasteiger partial charge in [0.1, 0.15) is 23.6 Å². The number of aromatic nitrogens is 3. The Morgan fingerprint density at radius 2 is 1.71 bits per heavy atom. The minimum absolute atomic E-state index is 0.239. The predicted molar refractivity (Wildman–Crippen MR) is 155 cm³/mol. The molecule has 222 valence electrons. The fraction of sp³-hybridized carbons (Fsp3) is 0.533. The first-order valence-corrected chi connectivity index (χ1v) is 13.9. The second-order valence-corrected chi connectivity index (χ2v) is 12.2. The highest BCUT2D eigenvalue weighted by atomic mass is 16.6. The fourth-order valence-electron chi connectivity index (χ4n) is 4.45. The molecule has 1 saturated heterocycles. The highest BCUT2D eigenvalue weighted by Crippen LogP contribution is 2.28. The van der Waals surface area contributed by atoms with Gasteiger partial charge in [0.2, 0.25) is 0 Å². The van der Waals surface area contributed by atoms with Crippen LogP contribution in [-0.2, 0) is 14.2 Å². The molecule has 0 bridgehead atoms. The van der Waals surface area contributed by atoms with Gasteiger partial charge in [0.25, 0.3) is 0 Å². The lowest BCUT2D eigenvalue weighted by Gasteiger charge is -2.31. The van der Waals surface area contributed by atoms with E-state index in [-0.39, 0.29) is 12.6 Å². The largest absolute Gasteiger partial charge is 0.490 e. The number of morpholine rings is 1. The Labute approximate surface area is 241 Å². The van der Waals surface area contributed by atoms with Gasteiger partial charge in [-0.15, -0.1) is 0 Å². The molecule has 41 heavy (non-hydrogen) atoms. The van der Waals surface area contributed by atoms with Crippen LogP contribution in [0, 0.1) is 6.92 Å². The molecule has 1 aliphatic rings. The third-order valence-electron chi connectivity index (χ3n) is 6.23. The standard InChI is InChI=1S/C30H41N5O6/c1-20-25-15-21(8-9-26(25)35(33-20)28(37)41-30(5,6)7)22-14-24(17-31-16-22)39-19-23(18-34-10-12-38-13-11-34)32-27(36)40-29(2,3)4/h8-9,14-17,23H,10-13,18-19H2,1-7H3,(H,32,36). The van der Waals surface area contributed by atoms with E-state index in [1.807, 2.05) is 72.7 Å². The van der Waals surface area contributed by atoms with Crippen LogP contribution in [0.1, 0.15) is 47.2 Å². The molecule has 1 N–H and O–H groups in total. The number of benzene rings is 1. The first-order valence-electron chi connectivity index (χ1n) is 13.9. The van der Waals surface area contributed by atoms with E-state index in [9.17, 15) is 9.59 Å². The minimum Gasteiger partial charge on any atom is -0.490 e. The zero-order valence-corrected chi connectivity index (χ0v) is 25.0. The summed E-state index contributed by atoms with van der Waals surface area (Å²) in [5.41, 5.74) is 1.90. The Kier molecular flexibility index (Phi) is 9.18. The number of nitrogens with one attached hydrogen (secondary N) is 1. The summed E-state index contributed by atoms with van der Waals surface area (Å²) in [5.74, 6) is 0.571. The van der Waals surface area contributed by atoms with Crippen LogP contribution in [0.25, 0.3) is 22.0 Å². The molecule has 3 heterocycles. The van der Waals surface area contributed by atoms with Crippen molar-refractivity contribution >= 4 is 23.1 Å². The van der Waals surface area contributed by atoms with E-state index in [4.69, 9.17) is 18.9 Å². The summed E-state index contributed by atoms with van der Waals surface area (Å²) in [6.45, 7) is 16.6. The number of amides is 1. The zero-order chi connectivity index (χ0) is 29.8. The molecule has 11 nitrogen and oxygen atoms in total. The van der Waals surface area contributed by atoms with Crippen molar-refractivity contribution in [3.8, 4) is 16.9 Å². The molecule has 0 saturated carbocycles. The number of pyridine rings is 1. The van der Waals surface area contributed by atoms with Crippen molar-refractivity contribution in [3.63, 3.8) is 0 Å². The van der Waals surface area contributed by atoms with Crippen LogP contribution in [-0.4, -0.2) is 88.5 Å². The highest BCUT2D eigenvalue weighted by Gasteiger charge is 2.24. The maximum Gasteiger partial charge on any atom is 0.435 e. The van der Waals surface area contributed by atoms with Gasteiger partial charge >= 0.3 is 12.2 Å². The molecule has 1 aromatic carbocycles. The summed E-state index contributed by atoms with van der Waals surface area (Å²) in [7, 11) is 0. The van der Waals surface area contributed by atoms with Crippen molar-refractivity contribution in [2.75, 3.05) is 39.5 Å². The predicted octanol–water partition coefficient (Wildman–Crippen LogP) is 4.79. The number of fused-ring (bicyclic) bond motifs is 1. The van der Waals surface area contributed by atoms with Gasteiger partial charge in [0.15, 0.2) is 0 Å². The number of nitrogens with zero attached hydrogens (tertiary/aromatic N) is 4. The lowest BCUT2D eigenvalue weighted by atomic mass is 10.0. The molecule has 3 aromatic rings. The van der Waals surface area contributed by atoms with Crippen molar-refractivity contribution in [1.82, 2.24) is 25.0 Å². The molecule has 1 amide bonds. The molecular weight excluding hydrogens is 526 g/mol. The molecule has 0 aliphatic carbocycles. The molecule has 4 rings (SSSR count). The zero-order valence-electron chi connectivity index (χ0n) is 25.0. The molecule has 0 radical (unpaired) electrons. The van der Waals surface area contributed by atoms with Crippen molar-refractivity contribution in [1.29, 1.82) is 0 Å². The normalized spacial score (nSPS) is 15.4. The van der Waals surface area contributed by atoms with Gasteiger partial charge in [-0.3, -0.25) is 9.88 Å². The van der Waals surface area contributed by atoms with Crippen molar-refractivity contribution in [2.24, 2.45) is 0 Å². The third-order valence-corrected chi connectivity index (χ3v) is 6.23. The average molecular weight is 568 g/mol. The van der Waals surface area contributed by atoms with Crippen molar-refractivity contribution in [2.45, 2.75) is 65.7 Å². The number of rotatable bonds is 7. The maximum atomic E-state index is 12.7. The van der Waals surface area contributed by atoms with Gasteiger partial charge < -0.3 is 24.3 Å². The number of hydrogen-bond acceptors (Lipinski definition) is 9. The summed E-state index contributed by atoms with van der Waals surface area (Å²) in [4.78, 5) is 31.8. The molecule has 11 heteroatoms. The average Bonchev–Trinajstić information content (AvgIpc) is 3.22. The monoisotopic (exact) mass is 567 g/mol. The van der Waals surface area contributed by atoms with Crippen LogP contribution in [0.15, 0.2) is 36.7 Å². The van der Waals surface area contributed by atoms with Crippen LogP contribution in [0.5, 0.6) is 5.75 Å². The van der Waals surface area contributed by atoms with E-state index in [2.05, 4.69) is 20.3 Å². The highest BCUT2D eigenvalue weighted by molar-refractivity contribution is 5.92. The maximum absolute atomic E-state index is 12.7. The van der Waals surface area contributed by atoms with Gasteiger partial charge in [-0.1, -0.05) is 6.07 Å². The molecule has 1 unspecified atom stereocenters. The van der Waals surface area contributed by atoms with Gasteiger partial charge in [0.05, 0.1) is 36.7 Å². The van der Waals surface area contributed by atoms with E-state index in [0.717, 1.165) is 29.6 Å². The first-order chi connectivity index (χ1) is 19.3. The number of ether oxygens (including phenoxy) is 4. The second kappa shape index (κ2) is 12.4. The molecule has 0 spiro atoms. The molecule has 1 aliphatic heterocycles. The Bertz CT molecular complexity index is 1370. The van der Waals surface area contributed by atoms with E-state index in [0.29, 0.717) is 36.7 Å². The van der Waals surface area contributed by atoms with Crippen LogP contribution < -0.4 is 10.1 Å². The smallest absolute Gasteiger partial charge is 0.435 e. The minimum atomic E-state index is -0.626. The first kappa shape index (κ1) is 30.3. The Hall–Kier alpha value is -3.70. The van der Waals surface area contributed by atoms with Crippen molar-refractivity contribution < 1.29 is 28.5 Å². The van der Waals surface area contributed by atoms with Gasteiger partial charge in [-0.25, -0.2) is 9.59 Å².